The molecular formula is C13H21N3O2. The van der Waals surface area contributed by atoms with Crippen LogP contribution < -0.4 is 10.1 Å². The van der Waals surface area contributed by atoms with Gasteiger partial charge in [-0.3, -0.25) is 0 Å². The van der Waals surface area contributed by atoms with Crippen LogP contribution in [0.15, 0.2) is 6.33 Å². The van der Waals surface area contributed by atoms with Gasteiger partial charge in [-0.25, -0.2) is 9.97 Å². The summed E-state index contributed by atoms with van der Waals surface area (Å²) in [6.07, 6.45) is 4.03. The third-order valence-electron chi connectivity index (χ3n) is 3.16. The van der Waals surface area contributed by atoms with Crippen molar-refractivity contribution in [3.63, 3.8) is 0 Å². The first-order chi connectivity index (χ1) is 8.74. The number of nitrogens with one attached hydrogen (secondary N) is 1. The highest BCUT2D eigenvalue weighted by atomic mass is 16.5. The van der Waals surface area contributed by atoms with Crippen LogP contribution in [0.25, 0.3) is 0 Å². The molecule has 5 heteroatoms. The molecule has 1 aliphatic carbocycles. The molecule has 0 aromatic carbocycles. The molecule has 1 aliphatic rings. The second-order valence-corrected chi connectivity index (χ2v) is 4.48. The summed E-state index contributed by atoms with van der Waals surface area (Å²) in [6, 6.07) is 0.449. The fourth-order valence-corrected chi connectivity index (χ4v) is 2.11. The predicted molar refractivity (Wildman–Crippen MR) is 70.0 cm³/mol. The summed E-state index contributed by atoms with van der Waals surface area (Å²) < 4.78 is 11.0. The number of rotatable bonds is 6. The van der Waals surface area contributed by atoms with Crippen LogP contribution in [0.3, 0.4) is 0 Å². The molecule has 0 aliphatic heterocycles. The maximum absolute atomic E-state index is 5.54. The highest BCUT2D eigenvalue weighted by molar-refractivity contribution is 5.48. The van der Waals surface area contributed by atoms with E-state index in [2.05, 4.69) is 15.3 Å². The Morgan fingerprint density at radius 3 is 2.72 bits per heavy atom. The van der Waals surface area contributed by atoms with Gasteiger partial charge >= 0.3 is 0 Å². The van der Waals surface area contributed by atoms with Crippen molar-refractivity contribution in [1.82, 2.24) is 9.97 Å². The number of hydrogen-bond acceptors (Lipinski definition) is 5. The average molecular weight is 251 g/mol. The van der Waals surface area contributed by atoms with Gasteiger partial charge in [0.1, 0.15) is 12.1 Å². The third kappa shape index (κ3) is 2.90. The minimum Gasteiger partial charge on any atom is -0.478 e. The van der Waals surface area contributed by atoms with E-state index in [4.69, 9.17) is 9.47 Å². The highest BCUT2D eigenvalue weighted by Gasteiger charge is 2.30. The smallest absolute Gasteiger partial charge is 0.221 e. The normalized spacial score (nSPS) is 22.4. The molecule has 0 spiro atoms. The van der Waals surface area contributed by atoms with Gasteiger partial charge in [0.05, 0.1) is 18.3 Å². The molecule has 1 heterocycles. The molecule has 0 unspecified atom stereocenters. The minimum atomic E-state index is 0.404. The molecule has 5 nitrogen and oxygen atoms in total. The molecular weight excluding hydrogens is 230 g/mol. The van der Waals surface area contributed by atoms with Gasteiger partial charge in [-0.15, -0.1) is 0 Å². The van der Waals surface area contributed by atoms with Gasteiger partial charge in [-0.1, -0.05) is 0 Å². The fraction of sp³-hybridized carbons (Fsp3) is 0.692. The number of aromatic nitrogens is 2. The van der Waals surface area contributed by atoms with Crippen molar-refractivity contribution in [1.29, 1.82) is 0 Å². The minimum absolute atomic E-state index is 0.404. The van der Waals surface area contributed by atoms with E-state index in [9.17, 15) is 0 Å². The Balaban J connectivity index is 1.92. The quantitative estimate of drug-likeness (QED) is 0.839. The van der Waals surface area contributed by atoms with Crippen molar-refractivity contribution in [2.24, 2.45) is 0 Å². The lowest BCUT2D eigenvalue weighted by Gasteiger charge is -2.35. The second kappa shape index (κ2) is 6.00. The lowest BCUT2D eigenvalue weighted by molar-refractivity contribution is 0.00291. The number of anilines is 1. The Morgan fingerprint density at radius 2 is 2.06 bits per heavy atom. The fourth-order valence-electron chi connectivity index (χ4n) is 2.11. The van der Waals surface area contributed by atoms with Crippen LogP contribution in [0.4, 0.5) is 5.82 Å². The Hall–Kier alpha value is -1.36. The van der Waals surface area contributed by atoms with Crippen LogP contribution in [-0.2, 0) is 4.74 Å². The molecule has 0 atom stereocenters. The van der Waals surface area contributed by atoms with Crippen molar-refractivity contribution in [3.05, 3.63) is 11.9 Å². The topological polar surface area (TPSA) is 56.3 Å². The first kappa shape index (κ1) is 13.1. The van der Waals surface area contributed by atoms with E-state index < -0.39 is 0 Å². The summed E-state index contributed by atoms with van der Waals surface area (Å²) >= 11 is 0. The molecule has 2 rings (SSSR count). The molecule has 0 saturated heterocycles. The largest absolute Gasteiger partial charge is 0.478 e. The van der Waals surface area contributed by atoms with Crippen LogP contribution in [0.2, 0.25) is 0 Å². The number of hydrogen-bond donors (Lipinski definition) is 1. The van der Waals surface area contributed by atoms with Crippen LogP contribution in [0, 0.1) is 6.92 Å². The van der Waals surface area contributed by atoms with Crippen LogP contribution in [0.5, 0.6) is 5.88 Å². The summed E-state index contributed by atoms with van der Waals surface area (Å²) in [6.45, 7) is 7.37. The Labute approximate surface area is 108 Å². The number of nitrogens with zero attached hydrogens (tertiary/aromatic N) is 2. The molecule has 0 bridgehead atoms. The van der Waals surface area contributed by atoms with Crippen LogP contribution in [0.1, 0.15) is 32.3 Å². The average Bonchev–Trinajstić information content (AvgIpc) is 2.31. The van der Waals surface area contributed by atoms with E-state index in [-0.39, 0.29) is 0 Å². The standard InChI is InChI=1S/C13H21N3O2/c1-4-17-11-6-10(7-11)16-12-9(3)13(18-5-2)15-8-14-12/h8,10-11H,4-7H2,1-3H3,(H,14,15,16). The van der Waals surface area contributed by atoms with Crippen molar-refractivity contribution < 1.29 is 9.47 Å². The first-order valence-corrected chi connectivity index (χ1v) is 6.57. The van der Waals surface area contributed by atoms with E-state index >= 15 is 0 Å². The van der Waals surface area contributed by atoms with Gasteiger partial charge < -0.3 is 14.8 Å². The summed E-state index contributed by atoms with van der Waals surface area (Å²) in [5.74, 6) is 1.53. The van der Waals surface area contributed by atoms with E-state index in [1.54, 1.807) is 6.33 Å². The maximum atomic E-state index is 5.54. The third-order valence-corrected chi connectivity index (χ3v) is 3.16. The Morgan fingerprint density at radius 1 is 1.28 bits per heavy atom. The molecule has 1 N–H and O–H groups in total. The van der Waals surface area contributed by atoms with E-state index in [1.165, 1.54) is 0 Å². The zero-order valence-electron chi connectivity index (χ0n) is 11.3. The van der Waals surface area contributed by atoms with Crippen LogP contribution >= 0.6 is 0 Å². The molecule has 18 heavy (non-hydrogen) atoms. The molecule has 0 amide bonds. The lowest BCUT2D eigenvalue weighted by atomic mass is 9.89. The second-order valence-electron chi connectivity index (χ2n) is 4.48. The van der Waals surface area contributed by atoms with Crippen molar-refractivity contribution in [3.8, 4) is 5.88 Å². The number of ether oxygens (including phenoxy) is 2. The van der Waals surface area contributed by atoms with E-state index in [0.29, 0.717) is 24.6 Å². The summed E-state index contributed by atoms with van der Waals surface area (Å²) in [5.41, 5.74) is 0.971. The zero-order valence-corrected chi connectivity index (χ0v) is 11.3. The van der Waals surface area contributed by atoms with Gasteiger partial charge in [0, 0.05) is 12.6 Å². The van der Waals surface area contributed by atoms with Gasteiger partial charge in [0.25, 0.3) is 0 Å². The summed E-state index contributed by atoms with van der Waals surface area (Å²) in [7, 11) is 0. The van der Waals surface area contributed by atoms with Gasteiger partial charge in [-0.05, 0) is 33.6 Å². The van der Waals surface area contributed by atoms with E-state index in [0.717, 1.165) is 30.8 Å². The SMILES string of the molecule is CCOc1ncnc(NC2CC(OCC)C2)c1C. The van der Waals surface area contributed by atoms with Gasteiger partial charge in [-0.2, -0.15) is 0 Å². The van der Waals surface area contributed by atoms with Gasteiger partial charge in [0.15, 0.2) is 0 Å². The molecule has 1 fully saturated rings. The Bertz CT molecular complexity index is 392. The van der Waals surface area contributed by atoms with Crippen molar-refractivity contribution >= 4 is 5.82 Å². The van der Waals surface area contributed by atoms with E-state index in [1.807, 2.05) is 20.8 Å². The first-order valence-electron chi connectivity index (χ1n) is 6.57. The van der Waals surface area contributed by atoms with Crippen molar-refractivity contribution in [2.45, 2.75) is 45.8 Å². The monoisotopic (exact) mass is 251 g/mol. The van der Waals surface area contributed by atoms with Crippen LogP contribution in [-0.4, -0.2) is 35.3 Å². The molecule has 1 aromatic heterocycles. The summed E-state index contributed by atoms with van der Waals surface area (Å²) in [4.78, 5) is 8.40. The predicted octanol–water partition coefficient (Wildman–Crippen LogP) is 2.16. The highest BCUT2D eigenvalue weighted by Crippen LogP contribution is 2.28. The Kier molecular flexibility index (Phi) is 4.36. The maximum Gasteiger partial charge on any atom is 0.221 e. The van der Waals surface area contributed by atoms with Crippen molar-refractivity contribution in [2.75, 3.05) is 18.5 Å². The lowest BCUT2D eigenvalue weighted by Crippen LogP contribution is -2.41. The summed E-state index contributed by atoms with van der Waals surface area (Å²) in [5, 5.41) is 3.42. The molecule has 100 valence electrons. The molecule has 1 saturated carbocycles. The van der Waals surface area contributed by atoms with Gasteiger partial charge in [0.2, 0.25) is 5.88 Å². The molecule has 1 aromatic rings. The molecule has 0 radical (unpaired) electrons. The zero-order chi connectivity index (χ0) is 13.0.